The quantitative estimate of drug-likeness (QED) is 0.458. The number of hydrogen-bond donors (Lipinski definition) is 2. The molecule has 0 fully saturated rings. The minimum Gasteiger partial charge on any atom is -0.396 e. The maximum atomic E-state index is 9.21. The van der Waals surface area contributed by atoms with Crippen LogP contribution in [-0.4, -0.2) is 23.4 Å². The van der Waals surface area contributed by atoms with Gasteiger partial charge in [-0.15, -0.1) is 0 Å². The van der Waals surface area contributed by atoms with Crippen LogP contribution in [0, 0.1) is 19.8 Å². The highest BCUT2D eigenvalue weighted by Gasteiger charge is 2.08. The largest absolute Gasteiger partial charge is 0.396 e. The van der Waals surface area contributed by atoms with Crippen LogP contribution in [0.2, 0.25) is 0 Å². The molecule has 0 unspecified atom stereocenters. The van der Waals surface area contributed by atoms with E-state index in [2.05, 4.69) is 80.6 Å². The Labute approximate surface area is 181 Å². The summed E-state index contributed by atoms with van der Waals surface area (Å²) in [6.45, 7) is 4.44. The van der Waals surface area contributed by atoms with Gasteiger partial charge >= 0.3 is 0 Å². The van der Waals surface area contributed by atoms with E-state index in [1.165, 1.54) is 38.9 Å². The Bertz CT molecular complexity index is 924. The molecular formula is C28H34O2. The molecule has 0 aliphatic rings. The van der Waals surface area contributed by atoms with Crippen molar-refractivity contribution in [1.82, 2.24) is 0 Å². The van der Waals surface area contributed by atoms with Gasteiger partial charge in [0, 0.05) is 19.1 Å². The van der Waals surface area contributed by atoms with Crippen LogP contribution in [0.15, 0.2) is 66.7 Å². The fraction of sp³-hybridized carbons (Fsp3) is 0.357. The van der Waals surface area contributed by atoms with E-state index in [1.54, 1.807) is 0 Å². The zero-order valence-corrected chi connectivity index (χ0v) is 18.3. The standard InChI is InChI=1S/C28H34O2/c1-21-9-11-23(12-10-21)13-14-25-6-4-8-27(18-25)28-16-15-24(17-22(28)2)5-3-7-26(19-29)20-30/h4,6,8-12,15-18,26,29-30H,3,5,7,13-14,19-20H2,1-2H3. The van der Waals surface area contributed by atoms with E-state index in [0.29, 0.717) is 0 Å². The number of rotatable bonds is 10. The summed E-state index contributed by atoms with van der Waals surface area (Å²) in [5.74, 6) is 0.00743. The highest BCUT2D eigenvalue weighted by molar-refractivity contribution is 5.68. The van der Waals surface area contributed by atoms with Gasteiger partial charge in [-0.2, -0.15) is 0 Å². The van der Waals surface area contributed by atoms with Crippen molar-refractivity contribution in [2.45, 2.75) is 46.0 Å². The summed E-state index contributed by atoms with van der Waals surface area (Å²) >= 11 is 0. The number of hydrogen-bond acceptors (Lipinski definition) is 2. The van der Waals surface area contributed by atoms with Gasteiger partial charge in [-0.05, 0) is 79.3 Å². The fourth-order valence-electron chi connectivity index (χ4n) is 3.98. The van der Waals surface area contributed by atoms with Crippen molar-refractivity contribution in [3.63, 3.8) is 0 Å². The smallest absolute Gasteiger partial charge is 0.0481 e. The van der Waals surface area contributed by atoms with E-state index in [4.69, 9.17) is 0 Å². The lowest BCUT2D eigenvalue weighted by Crippen LogP contribution is -2.11. The Balaban J connectivity index is 1.63. The van der Waals surface area contributed by atoms with E-state index in [9.17, 15) is 10.2 Å². The summed E-state index contributed by atoms with van der Waals surface area (Å²) in [5, 5.41) is 18.4. The Kier molecular flexibility index (Phi) is 8.24. The predicted octanol–water partition coefficient (Wildman–Crippen LogP) is 5.68. The van der Waals surface area contributed by atoms with Crippen molar-refractivity contribution in [2.24, 2.45) is 5.92 Å². The van der Waals surface area contributed by atoms with Crippen molar-refractivity contribution < 1.29 is 10.2 Å². The first-order valence-electron chi connectivity index (χ1n) is 11.0. The van der Waals surface area contributed by atoms with E-state index in [1.807, 2.05) is 0 Å². The molecule has 0 aliphatic carbocycles. The van der Waals surface area contributed by atoms with Crippen LogP contribution in [0.1, 0.15) is 40.7 Å². The highest BCUT2D eigenvalue weighted by atomic mass is 16.3. The molecule has 0 heterocycles. The van der Waals surface area contributed by atoms with E-state index in [-0.39, 0.29) is 19.1 Å². The summed E-state index contributed by atoms with van der Waals surface area (Å²) in [6, 6.07) is 24.5. The summed E-state index contributed by atoms with van der Waals surface area (Å²) in [7, 11) is 0. The highest BCUT2D eigenvalue weighted by Crippen LogP contribution is 2.26. The molecule has 3 aromatic carbocycles. The molecule has 3 aromatic rings. The molecule has 0 atom stereocenters. The molecule has 0 amide bonds. The second-order valence-electron chi connectivity index (χ2n) is 8.46. The lowest BCUT2D eigenvalue weighted by atomic mass is 9.94. The molecule has 0 radical (unpaired) electrons. The normalized spacial score (nSPS) is 11.2. The lowest BCUT2D eigenvalue weighted by molar-refractivity contribution is 0.142. The Morgan fingerprint density at radius 2 is 1.37 bits per heavy atom. The van der Waals surface area contributed by atoms with Gasteiger partial charge in [0.05, 0.1) is 0 Å². The average Bonchev–Trinajstić information content (AvgIpc) is 2.77. The number of aliphatic hydroxyl groups excluding tert-OH is 2. The molecule has 158 valence electrons. The molecule has 3 rings (SSSR count). The molecule has 30 heavy (non-hydrogen) atoms. The minimum atomic E-state index is 0.00743. The molecule has 2 N–H and O–H groups in total. The zero-order chi connectivity index (χ0) is 21.3. The molecule has 0 bridgehead atoms. The molecule has 0 spiro atoms. The summed E-state index contributed by atoms with van der Waals surface area (Å²) in [5.41, 5.74) is 9.25. The van der Waals surface area contributed by atoms with Gasteiger partial charge in [0.2, 0.25) is 0 Å². The number of aryl methyl sites for hydroxylation is 5. The lowest BCUT2D eigenvalue weighted by Gasteiger charge is -2.12. The third-order valence-corrected chi connectivity index (χ3v) is 5.95. The van der Waals surface area contributed by atoms with E-state index >= 15 is 0 Å². The third kappa shape index (κ3) is 6.29. The Hall–Kier alpha value is -2.42. The molecule has 2 nitrogen and oxygen atoms in total. The van der Waals surface area contributed by atoms with Gasteiger partial charge in [-0.25, -0.2) is 0 Å². The van der Waals surface area contributed by atoms with Gasteiger partial charge in [0.1, 0.15) is 0 Å². The first kappa shape index (κ1) is 22.3. The van der Waals surface area contributed by atoms with Gasteiger partial charge in [-0.1, -0.05) is 72.3 Å². The third-order valence-electron chi connectivity index (χ3n) is 5.95. The second-order valence-corrected chi connectivity index (χ2v) is 8.46. The van der Waals surface area contributed by atoms with Crippen molar-refractivity contribution in [1.29, 1.82) is 0 Å². The fourth-order valence-corrected chi connectivity index (χ4v) is 3.98. The van der Waals surface area contributed by atoms with Crippen molar-refractivity contribution in [3.8, 4) is 11.1 Å². The predicted molar refractivity (Wildman–Crippen MR) is 126 cm³/mol. The summed E-state index contributed by atoms with van der Waals surface area (Å²) in [4.78, 5) is 0. The number of aliphatic hydroxyl groups is 2. The second kappa shape index (κ2) is 11.1. The first-order valence-corrected chi connectivity index (χ1v) is 11.0. The van der Waals surface area contributed by atoms with Crippen molar-refractivity contribution in [3.05, 3.63) is 94.5 Å². The maximum Gasteiger partial charge on any atom is 0.0481 e. The van der Waals surface area contributed by atoms with Crippen LogP contribution in [0.4, 0.5) is 0 Å². The van der Waals surface area contributed by atoms with Crippen LogP contribution in [0.3, 0.4) is 0 Å². The minimum absolute atomic E-state index is 0.00743. The summed E-state index contributed by atoms with van der Waals surface area (Å²) < 4.78 is 0. The summed E-state index contributed by atoms with van der Waals surface area (Å²) in [6.07, 6.45) is 4.93. The van der Waals surface area contributed by atoms with Crippen molar-refractivity contribution in [2.75, 3.05) is 13.2 Å². The maximum absolute atomic E-state index is 9.21. The van der Waals surface area contributed by atoms with Crippen LogP contribution in [0.25, 0.3) is 11.1 Å². The van der Waals surface area contributed by atoms with Gasteiger partial charge in [0.25, 0.3) is 0 Å². The molecule has 0 saturated carbocycles. The van der Waals surface area contributed by atoms with E-state index < -0.39 is 0 Å². The van der Waals surface area contributed by atoms with Gasteiger partial charge < -0.3 is 10.2 Å². The van der Waals surface area contributed by atoms with Gasteiger partial charge in [0.15, 0.2) is 0 Å². The van der Waals surface area contributed by atoms with Crippen LogP contribution >= 0.6 is 0 Å². The topological polar surface area (TPSA) is 40.5 Å². The molecule has 2 heteroatoms. The first-order chi connectivity index (χ1) is 14.6. The molecule has 0 aliphatic heterocycles. The van der Waals surface area contributed by atoms with Crippen LogP contribution in [-0.2, 0) is 19.3 Å². The SMILES string of the molecule is Cc1ccc(CCc2cccc(-c3ccc(CCCC(CO)CO)cc3C)c2)cc1. The molecule has 0 saturated heterocycles. The van der Waals surface area contributed by atoms with Crippen LogP contribution < -0.4 is 0 Å². The Morgan fingerprint density at radius 3 is 2.07 bits per heavy atom. The van der Waals surface area contributed by atoms with Crippen molar-refractivity contribution >= 4 is 0 Å². The zero-order valence-electron chi connectivity index (χ0n) is 18.3. The Morgan fingerprint density at radius 1 is 0.700 bits per heavy atom. The average molecular weight is 403 g/mol. The monoisotopic (exact) mass is 402 g/mol. The number of benzene rings is 3. The molecule has 0 aromatic heterocycles. The molecular weight excluding hydrogens is 368 g/mol. The van der Waals surface area contributed by atoms with Gasteiger partial charge in [-0.3, -0.25) is 0 Å². The van der Waals surface area contributed by atoms with Crippen LogP contribution in [0.5, 0.6) is 0 Å². The van der Waals surface area contributed by atoms with E-state index in [0.717, 1.165) is 32.1 Å².